The highest BCUT2D eigenvalue weighted by molar-refractivity contribution is 7.92. The van der Waals surface area contributed by atoms with E-state index in [0.29, 0.717) is 5.69 Å². The number of aromatic nitrogens is 1. The van der Waals surface area contributed by atoms with Gasteiger partial charge in [-0.15, -0.1) is 0 Å². The van der Waals surface area contributed by atoms with E-state index >= 15 is 0 Å². The van der Waals surface area contributed by atoms with Gasteiger partial charge in [0.25, 0.3) is 15.9 Å². The Hall–Kier alpha value is -3.79. The zero-order chi connectivity index (χ0) is 21.0. The number of amides is 1. The van der Waals surface area contributed by atoms with E-state index in [1.165, 1.54) is 36.7 Å². The minimum atomic E-state index is -4.21. The third kappa shape index (κ3) is 4.74. The van der Waals surface area contributed by atoms with Crippen LogP contribution < -0.4 is 10.0 Å². The summed E-state index contributed by atoms with van der Waals surface area (Å²) in [6, 6.07) is 11.3. The first kappa shape index (κ1) is 20.0. The van der Waals surface area contributed by atoms with E-state index in [4.69, 9.17) is 5.11 Å². The molecule has 0 fully saturated rings. The Bertz CT molecular complexity index is 1180. The molecule has 0 radical (unpaired) electrons. The van der Waals surface area contributed by atoms with Crippen LogP contribution in [0.5, 0.6) is 0 Å². The van der Waals surface area contributed by atoms with E-state index in [-0.39, 0.29) is 11.3 Å². The monoisotopic (exact) mass is 415 g/mol. The number of sulfonamides is 1. The van der Waals surface area contributed by atoms with Crippen LogP contribution in [0.1, 0.15) is 20.7 Å². The van der Waals surface area contributed by atoms with Gasteiger partial charge in [0.15, 0.2) is 0 Å². The van der Waals surface area contributed by atoms with Crippen molar-refractivity contribution in [1.29, 1.82) is 0 Å². The summed E-state index contributed by atoms with van der Waals surface area (Å²) in [4.78, 5) is 26.8. The number of halogens is 1. The van der Waals surface area contributed by atoms with E-state index in [2.05, 4.69) is 15.0 Å². The quantitative estimate of drug-likeness (QED) is 0.568. The van der Waals surface area contributed by atoms with Gasteiger partial charge in [-0.3, -0.25) is 14.5 Å². The SMILES string of the molecule is O=C(Nc1ccncc1)c1cccc(NS(=O)(=O)c2ccc(F)c(C(=O)O)c2)c1. The number of carbonyl (C=O) groups excluding carboxylic acids is 1. The lowest BCUT2D eigenvalue weighted by molar-refractivity contribution is 0.0691. The molecule has 0 aliphatic rings. The van der Waals surface area contributed by atoms with Crippen LogP contribution in [0.25, 0.3) is 0 Å². The fourth-order valence-corrected chi connectivity index (χ4v) is 3.49. The zero-order valence-electron chi connectivity index (χ0n) is 14.7. The van der Waals surface area contributed by atoms with Gasteiger partial charge in [-0.1, -0.05) is 6.07 Å². The third-order valence-corrected chi connectivity index (χ3v) is 5.17. The van der Waals surface area contributed by atoms with E-state index in [1.807, 2.05) is 0 Å². The van der Waals surface area contributed by atoms with Gasteiger partial charge >= 0.3 is 5.97 Å². The molecule has 0 bridgehead atoms. The minimum Gasteiger partial charge on any atom is -0.478 e. The Labute approximate surface area is 165 Å². The van der Waals surface area contributed by atoms with Crippen molar-refractivity contribution in [3.8, 4) is 0 Å². The molecule has 2 aromatic carbocycles. The molecule has 8 nitrogen and oxygen atoms in total. The smallest absolute Gasteiger partial charge is 0.338 e. The molecule has 3 rings (SSSR count). The maximum absolute atomic E-state index is 13.5. The average Bonchev–Trinajstić information content (AvgIpc) is 2.68. The number of aromatic carboxylic acids is 1. The van der Waals surface area contributed by atoms with Crippen molar-refractivity contribution < 1.29 is 27.5 Å². The van der Waals surface area contributed by atoms with Crippen LogP contribution >= 0.6 is 0 Å². The van der Waals surface area contributed by atoms with Crippen molar-refractivity contribution in [3.63, 3.8) is 0 Å². The van der Waals surface area contributed by atoms with Crippen LogP contribution in [0.15, 0.2) is 71.9 Å². The Kier molecular flexibility index (Phi) is 5.55. The zero-order valence-corrected chi connectivity index (χ0v) is 15.5. The largest absolute Gasteiger partial charge is 0.478 e. The number of pyridine rings is 1. The second-order valence-electron chi connectivity index (χ2n) is 5.82. The molecule has 10 heteroatoms. The topological polar surface area (TPSA) is 125 Å². The molecule has 0 atom stereocenters. The van der Waals surface area contributed by atoms with Crippen LogP contribution in [-0.2, 0) is 10.0 Å². The summed E-state index contributed by atoms with van der Waals surface area (Å²) < 4.78 is 40.8. The molecule has 1 heterocycles. The predicted octanol–water partition coefficient (Wildman–Crippen LogP) is 2.97. The highest BCUT2D eigenvalue weighted by Gasteiger charge is 2.20. The molecule has 0 saturated carbocycles. The maximum Gasteiger partial charge on any atom is 0.338 e. The summed E-state index contributed by atoms with van der Waals surface area (Å²) in [6.45, 7) is 0. The second-order valence-corrected chi connectivity index (χ2v) is 7.51. The van der Waals surface area contributed by atoms with Gasteiger partial charge < -0.3 is 10.4 Å². The van der Waals surface area contributed by atoms with Gasteiger partial charge in [-0.2, -0.15) is 0 Å². The standard InChI is InChI=1S/C19H14FN3O5S/c20-17-5-4-15(11-16(17)19(25)26)29(27,28)23-14-3-1-2-12(10-14)18(24)22-13-6-8-21-9-7-13/h1-11,23H,(H,25,26)(H,21,22,24). The molecule has 1 aromatic heterocycles. The lowest BCUT2D eigenvalue weighted by atomic mass is 10.2. The van der Waals surface area contributed by atoms with Crippen molar-refractivity contribution in [1.82, 2.24) is 4.98 Å². The van der Waals surface area contributed by atoms with E-state index < -0.39 is 38.2 Å². The first-order valence-electron chi connectivity index (χ1n) is 8.13. The number of carbonyl (C=O) groups is 2. The summed E-state index contributed by atoms with van der Waals surface area (Å²) in [7, 11) is -4.21. The molecule has 3 N–H and O–H groups in total. The minimum absolute atomic E-state index is 0.0774. The normalized spacial score (nSPS) is 10.9. The number of benzene rings is 2. The van der Waals surface area contributed by atoms with Crippen LogP contribution in [0.4, 0.5) is 15.8 Å². The Morgan fingerprint density at radius 2 is 1.69 bits per heavy atom. The van der Waals surface area contributed by atoms with Gasteiger partial charge in [0.2, 0.25) is 0 Å². The van der Waals surface area contributed by atoms with E-state index in [9.17, 15) is 22.4 Å². The summed E-state index contributed by atoms with van der Waals surface area (Å²) in [5.41, 5.74) is 0.0165. The van der Waals surface area contributed by atoms with Crippen LogP contribution in [-0.4, -0.2) is 30.4 Å². The first-order valence-corrected chi connectivity index (χ1v) is 9.62. The summed E-state index contributed by atoms with van der Waals surface area (Å²) in [6.07, 6.45) is 3.02. The second kappa shape index (κ2) is 8.07. The number of carboxylic acids is 1. The molecule has 0 saturated heterocycles. The fraction of sp³-hybridized carbons (Fsp3) is 0. The third-order valence-electron chi connectivity index (χ3n) is 3.79. The number of rotatable bonds is 6. The molecule has 0 spiro atoms. The Balaban J connectivity index is 1.83. The average molecular weight is 415 g/mol. The summed E-state index contributed by atoms with van der Waals surface area (Å²) in [5, 5.41) is 11.6. The van der Waals surface area contributed by atoms with Gasteiger partial charge in [0.05, 0.1) is 10.5 Å². The maximum atomic E-state index is 13.5. The lowest BCUT2D eigenvalue weighted by Crippen LogP contribution is -2.16. The molecular weight excluding hydrogens is 401 g/mol. The molecule has 0 aliphatic heterocycles. The number of hydrogen-bond donors (Lipinski definition) is 3. The van der Waals surface area contributed by atoms with Gasteiger partial charge in [0, 0.05) is 29.3 Å². The highest BCUT2D eigenvalue weighted by atomic mass is 32.2. The van der Waals surface area contributed by atoms with Crippen molar-refractivity contribution in [3.05, 3.63) is 83.9 Å². The number of carboxylic acid groups (broad SMARTS) is 1. The number of anilines is 2. The van der Waals surface area contributed by atoms with E-state index in [0.717, 1.165) is 18.2 Å². The molecule has 29 heavy (non-hydrogen) atoms. The molecule has 0 aliphatic carbocycles. The van der Waals surface area contributed by atoms with Crippen LogP contribution in [0.3, 0.4) is 0 Å². The molecular formula is C19H14FN3O5S. The number of nitrogens with one attached hydrogen (secondary N) is 2. The first-order chi connectivity index (χ1) is 13.8. The molecule has 148 valence electrons. The highest BCUT2D eigenvalue weighted by Crippen LogP contribution is 2.20. The van der Waals surface area contributed by atoms with Gasteiger partial charge in [-0.05, 0) is 48.5 Å². The predicted molar refractivity (Wildman–Crippen MR) is 103 cm³/mol. The summed E-state index contributed by atoms with van der Waals surface area (Å²) >= 11 is 0. The number of hydrogen-bond acceptors (Lipinski definition) is 5. The fourth-order valence-electron chi connectivity index (χ4n) is 2.41. The van der Waals surface area contributed by atoms with Crippen molar-refractivity contribution in [2.75, 3.05) is 10.0 Å². The number of nitrogens with zero attached hydrogens (tertiary/aromatic N) is 1. The van der Waals surface area contributed by atoms with Crippen LogP contribution in [0, 0.1) is 5.82 Å². The Morgan fingerprint density at radius 3 is 2.38 bits per heavy atom. The van der Waals surface area contributed by atoms with Crippen molar-refractivity contribution >= 4 is 33.3 Å². The molecule has 0 unspecified atom stereocenters. The van der Waals surface area contributed by atoms with Gasteiger partial charge in [0.1, 0.15) is 5.82 Å². The van der Waals surface area contributed by atoms with Crippen LogP contribution in [0.2, 0.25) is 0 Å². The van der Waals surface area contributed by atoms with Crippen molar-refractivity contribution in [2.24, 2.45) is 0 Å². The lowest BCUT2D eigenvalue weighted by Gasteiger charge is -2.11. The van der Waals surface area contributed by atoms with Gasteiger partial charge in [-0.25, -0.2) is 17.6 Å². The van der Waals surface area contributed by atoms with E-state index in [1.54, 1.807) is 12.1 Å². The Morgan fingerprint density at radius 1 is 0.966 bits per heavy atom. The van der Waals surface area contributed by atoms with Crippen molar-refractivity contribution in [2.45, 2.75) is 4.90 Å². The molecule has 3 aromatic rings. The molecule has 1 amide bonds. The summed E-state index contributed by atoms with van der Waals surface area (Å²) in [5.74, 6) is -3.10.